The van der Waals surface area contributed by atoms with Crippen molar-refractivity contribution >= 4 is 0 Å². The van der Waals surface area contributed by atoms with Crippen LogP contribution >= 0.6 is 0 Å². The fraction of sp³-hybridized carbons (Fsp3) is 0.615. The van der Waals surface area contributed by atoms with Crippen molar-refractivity contribution in [2.45, 2.75) is 38.3 Å². The molecule has 2 atom stereocenters. The maximum atomic E-state index is 13.7. The van der Waals surface area contributed by atoms with Gasteiger partial charge in [-0.05, 0) is 31.9 Å². The summed E-state index contributed by atoms with van der Waals surface area (Å²) in [4.78, 5) is 3.79. The number of ether oxygens (including phenoxy) is 1. The molecule has 1 aromatic rings. The minimum absolute atomic E-state index is 0.0195. The van der Waals surface area contributed by atoms with E-state index in [1.54, 1.807) is 12.3 Å². The van der Waals surface area contributed by atoms with Crippen LogP contribution in [0.3, 0.4) is 0 Å². The van der Waals surface area contributed by atoms with Crippen LogP contribution in [0, 0.1) is 5.82 Å². The molecular weight excluding hydrogens is 219 g/mol. The van der Waals surface area contributed by atoms with Crippen LogP contribution < -0.4 is 5.32 Å². The van der Waals surface area contributed by atoms with Crippen molar-refractivity contribution in [2.24, 2.45) is 0 Å². The van der Waals surface area contributed by atoms with Crippen molar-refractivity contribution in [1.29, 1.82) is 0 Å². The van der Waals surface area contributed by atoms with Gasteiger partial charge in [0.05, 0.1) is 12.3 Å². The second-order valence-corrected chi connectivity index (χ2v) is 4.38. The van der Waals surface area contributed by atoms with Crippen LogP contribution in [0.25, 0.3) is 0 Å². The van der Waals surface area contributed by atoms with Gasteiger partial charge in [-0.25, -0.2) is 4.39 Å². The minimum Gasteiger partial charge on any atom is -0.378 e. The van der Waals surface area contributed by atoms with E-state index in [4.69, 9.17) is 4.74 Å². The normalized spacial score (nSPS) is 21.6. The van der Waals surface area contributed by atoms with Crippen LogP contribution in [-0.2, 0) is 4.74 Å². The number of halogens is 1. The molecule has 4 heteroatoms. The van der Waals surface area contributed by atoms with Gasteiger partial charge >= 0.3 is 0 Å². The Hall–Kier alpha value is -1.00. The number of nitrogens with one attached hydrogen (secondary N) is 1. The van der Waals surface area contributed by atoms with Crippen molar-refractivity contribution in [3.63, 3.8) is 0 Å². The third kappa shape index (κ3) is 3.23. The molecule has 1 saturated heterocycles. The van der Waals surface area contributed by atoms with E-state index in [9.17, 15) is 4.39 Å². The van der Waals surface area contributed by atoms with Crippen molar-refractivity contribution in [3.05, 3.63) is 29.8 Å². The topological polar surface area (TPSA) is 34.1 Å². The number of hydrogen-bond donors (Lipinski definition) is 1. The molecule has 1 aromatic heterocycles. The molecule has 2 rings (SSSR count). The number of rotatable bonds is 5. The Morgan fingerprint density at radius 1 is 1.65 bits per heavy atom. The molecule has 0 aromatic carbocycles. The fourth-order valence-corrected chi connectivity index (χ4v) is 2.33. The van der Waals surface area contributed by atoms with Crippen LogP contribution in [0.2, 0.25) is 0 Å². The SMILES string of the molecule is CCNC(CC1CCCO1)c1ccncc1F. The Labute approximate surface area is 101 Å². The maximum absolute atomic E-state index is 13.7. The Balaban J connectivity index is 2.08. The first-order chi connectivity index (χ1) is 8.31. The van der Waals surface area contributed by atoms with Gasteiger partial charge in [0.25, 0.3) is 0 Å². The van der Waals surface area contributed by atoms with Gasteiger partial charge in [0.2, 0.25) is 0 Å². The third-order valence-electron chi connectivity index (χ3n) is 3.15. The second-order valence-electron chi connectivity index (χ2n) is 4.38. The molecule has 2 heterocycles. The monoisotopic (exact) mass is 238 g/mol. The largest absolute Gasteiger partial charge is 0.378 e. The van der Waals surface area contributed by atoms with Crippen LogP contribution in [0.5, 0.6) is 0 Å². The molecule has 0 spiro atoms. The Morgan fingerprint density at radius 2 is 2.53 bits per heavy atom. The minimum atomic E-state index is -0.239. The predicted octanol–water partition coefficient (Wildman–Crippen LogP) is 2.44. The average molecular weight is 238 g/mol. The summed E-state index contributed by atoms with van der Waals surface area (Å²) in [6.45, 7) is 3.68. The lowest BCUT2D eigenvalue weighted by Gasteiger charge is -2.21. The third-order valence-corrected chi connectivity index (χ3v) is 3.15. The highest BCUT2D eigenvalue weighted by Crippen LogP contribution is 2.26. The highest BCUT2D eigenvalue weighted by molar-refractivity contribution is 5.17. The lowest BCUT2D eigenvalue weighted by atomic mass is 10.00. The van der Waals surface area contributed by atoms with Crippen LogP contribution in [-0.4, -0.2) is 24.2 Å². The van der Waals surface area contributed by atoms with Crippen molar-refractivity contribution < 1.29 is 9.13 Å². The number of aromatic nitrogens is 1. The molecule has 1 aliphatic heterocycles. The van der Waals surface area contributed by atoms with Gasteiger partial charge < -0.3 is 10.1 Å². The average Bonchev–Trinajstić information content (AvgIpc) is 2.82. The lowest BCUT2D eigenvalue weighted by Crippen LogP contribution is -2.26. The Morgan fingerprint density at radius 3 is 3.18 bits per heavy atom. The van der Waals surface area contributed by atoms with E-state index < -0.39 is 0 Å². The van der Waals surface area contributed by atoms with E-state index in [1.807, 2.05) is 6.92 Å². The van der Waals surface area contributed by atoms with Gasteiger partial charge in [0, 0.05) is 24.4 Å². The zero-order valence-electron chi connectivity index (χ0n) is 10.2. The summed E-state index contributed by atoms with van der Waals surface area (Å²) < 4.78 is 19.3. The molecule has 17 heavy (non-hydrogen) atoms. The van der Waals surface area contributed by atoms with E-state index in [1.165, 1.54) is 6.20 Å². The zero-order chi connectivity index (χ0) is 12.1. The van der Waals surface area contributed by atoms with E-state index in [0.29, 0.717) is 5.56 Å². The van der Waals surface area contributed by atoms with Crippen molar-refractivity contribution in [1.82, 2.24) is 10.3 Å². The summed E-state index contributed by atoms with van der Waals surface area (Å²) >= 11 is 0. The summed E-state index contributed by atoms with van der Waals surface area (Å²) in [6.07, 6.45) is 6.19. The standard InChI is InChI=1S/C13H19FN2O/c1-2-16-13(8-10-4-3-7-17-10)11-5-6-15-9-12(11)14/h5-6,9-10,13,16H,2-4,7-8H2,1H3. The highest BCUT2D eigenvalue weighted by atomic mass is 19.1. The molecule has 94 valence electrons. The van der Waals surface area contributed by atoms with E-state index >= 15 is 0 Å². The molecule has 1 fully saturated rings. The second kappa shape index (κ2) is 6.07. The van der Waals surface area contributed by atoms with Crippen LogP contribution in [0.15, 0.2) is 18.5 Å². The summed E-state index contributed by atoms with van der Waals surface area (Å²) in [5.41, 5.74) is 0.692. The lowest BCUT2D eigenvalue weighted by molar-refractivity contribution is 0.0944. The molecule has 0 bridgehead atoms. The molecule has 0 aliphatic carbocycles. The molecule has 0 amide bonds. The number of nitrogens with zero attached hydrogens (tertiary/aromatic N) is 1. The highest BCUT2D eigenvalue weighted by Gasteiger charge is 2.23. The first-order valence-electron chi connectivity index (χ1n) is 6.25. The first kappa shape index (κ1) is 12.5. The first-order valence-corrected chi connectivity index (χ1v) is 6.25. The van der Waals surface area contributed by atoms with E-state index in [0.717, 1.165) is 32.4 Å². The van der Waals surface area contributed by atoms with Gasteiger partial charge in [-0.2, -0.15) is 0 Å². The summed E-state index contributed by atoms with van der Waals surface area (Å²) in [5, 5.41) is 3.32. The molecule has 3 nitrogen and oxygen atoms in total. The van der Waals surface area contributed by atoms with Crippen molar-refractivity contribution in [3.8, 4) is 0 Å². The van der Waals surface area contributed by atoms with Gasteiger partial charge in [-0.1, -0.05) is 6.92 Å². The Bertz CT molecular complexity index is 353. The molecule has 1 N–H and O–H groups in total. The smallest absolute Gasteiger partial charge is 0.146 e. The van der Waals surface area contributed by atoms with Gasteiger partial charge in [-0.15, -0.1) is 0 Å². The predicted molar refractivity (Wildman–Crippen MR) is 64.2 cm³/mol. The summed E-state index contributed by atoms with van der Waals surface area (Å²) in [5.74, 6) is -0.239. The van der Waals surface area contributed by atoms with Gasteiger partial charge in [0.1, 0.15) is 5.82 Å². The van der Waals surface area contributed by atoms with Crippen LogP contribution in [0.4, 0.5) is 4.39 Å². The van der Waals surface area contributed by atoms with Gasteiger partial charge in [0.15, 0.2) is 0 Å². The Kier molecular flexibility index (Phi) is 4.45. The molecule has 1 aliphatic rings. The summed E-state index contributed by atoms with van der Waals surface area (Å²) in [7, 11) is 0. The van der Waals surface area contributed by atoms with Gasteiger partial charge in [-0.3, -0.25) is 4.98 Å². The number of pyridine rings is 1. The number of hydrogen-bond acceptors (Lipinski definition) is 3. The molecule has 2 unspecified atom stereocenters. The van der Waals surface area contributed by atoms with E-state index in [-0.39, 0.29) is 18.0 Å². The maximum Gasteiger partial charge on any atom is 0.146 e. The van der Waals surface area contributed by atoms with Crippen LogP contribution in [0.1, 0.15) is 37.8 Å². The molecular formula is C13H19FN2O. The quantitative estimate of drug-likeness (QED) is 0.855. The zero-order valence-corrected chi connectivity index (χ0v) is 10.2. The fourth-order valence-electron chi connectivity index (χ4n) is 2.33. The van der Waals surface area contributed by atoms with Crippen molar-refractivity contribution in [2.75, 3.05) is 13.2 Å². The van der Waals surface area contributed by atoms with E-state index in [2.05, 4.69) is 10.3 Å². The molecule has 0 saturated carbocycles. The molecule has 0 radical (unpaired) electrons. The summed E-state index contributed by atoms with van der Waals surface area (Å²) in [6, 6.07) is 1.77.